The molecule has 4 heteroatoms. The zero-order valence-corrected chi connectivity index (χ0v) is 8.49. The Bertz CT molecular complexity index is 337. The van der Waals surface area contributed by atoms with Crippen molar-refractivity contribution in [1.29, 1.82) is 0 Å². The van der Waals surface area contributed by atoms with Crippen molar-refractivity contribution in [3.63, 3.8) is 0 Å². The molecule has 0 aliphatic carbocycles. The van der Waals surface area contributed by atoms with E-state index in [4.69, 9.17) is 4.74 Å². The summed E-state index contributed by atoms with van der Waals surface area (Å²) >= 11 is 0. The van der Waals surface area contributed by atoms with Gasteiger partial charge in [0.1, 0.15) is 11.6 Å². The van der Waals surface area contributed by atoms with E-state index in [0.29, 0.717) is 11.3 Å². The van der Waals surface area contributed by atoms with E-state index < -0.39 is 0 Å². The zero-order valence-electron chi connectivity index (χ0n) is 8.49. The van der Waals surface area contributed by atoms with Gasteiger partial charge in [0.15, 0.2) is 0 Å². The van der Waals surface area contributed by atoms with Crippen molar-refractivity contribution >= 4 is 6.21 Å². The molecule has 1 rings (SSSR count). The van der Waals surface area contributed by atoms with Crippen molar-refractivity contribution in [3.8, 4) is 5.75 Å². The minimum atomic E-state index is -0.338. The largest absolute Gasteiger partial charge is 0.497 e. The van der Waals surface area contributed by atoms with Gasteiger partial charge in [-0.3, -0.25) is 0 Å². The Labute approximate surface area is 82.8 Å². The molecule has 0 radical (unpaired) electrons. The summed E-state index contributed by atoms with van der Waals surface area (Å²) < 4.78 is 18.2. The van der Waals surface area contributed by atoms with Gasteiger partial charge in [-0.2, -0.15) is 5.10 Å². The lowest BCUT2D eigenvalue weighted by atomic mass is 10.2. The van der Waals surface area contributed by atoms with Crippen LogP contribution in [0.25, 0.3) is 0 Å². The Morgan fingerprint density at radius 3 is 2.64 bits per heavy atom. The fourth-order valence-electron chi connectivity index (χ4n) is 0.917. The summed E-state index contributed by atoms with van der Waals surface area (Å²) in [5.41, 5.74) is 0.444. The summed E-state index contributed by atoms with van der Waals surface area (Å²) in [6.45, 7) is 0. The Balaban J connectivity index is 2.89. The first-order valence-corrected chi connectivity index (χ1v) is 4.18. The molecular weight excluding hydrogens is 183 g/mol. The number of benzene rings is 1. The van der Waals surface area contributed by atoms with Crippen molar-refractivity contribution in [1.82, 2.24) is 5.01 Å². The average molecular weight is 196 g/mol. The quantitative estimate of drug-likeness (QED) is 0.543. The summed E-state index contributed by atoms with van der Waals surface area (Å²) in [5.74, 6) is 0.166. The highest BCUT2D eigenvalue weighted by molar-refractivity contribution is 5.79. The van der Waals surface area contributed by atoms with Gasteiger partial charge in [-0.05, 0) is 12.1 Å². The number of ether oxygens (including phenoxy) is 1. The van der Waals surface area contributed by atoms with Crippen molar-refractivity contribution in [2.24, 2.45) is 5.10 Å². The Hall–Kier alpha value is -1.58. The molecule has 0 aromatic heterocycles. The zero-order chi connectivity index (χ0) is 10.6. The summed E-state index contributed by atoms with van der Waals surface area (Å²) in [4.78, 5) is 0. The molecule has 1 aromatic carbocycles. The molecule has 0 fully saturated rings. The average Bonchev–Trinajstić information content (AvgIpc) is 2.15. The van der Waals surface area contributed by atoms with Gasteiger partial charge in [-0.1, -0.05) is 0 Å². The number of halogens is 1. The topological polar surface area (TPSA) is 24.8 Å². The summed E-state index contributed by atoms with van der Waals surface area (Å²) in [5, 5.41) is 5.54. The minimum absolute atomic E-state index is 0.338. The van der Waals surface area contributed by atoms with E-state index in [1.54, 1.807) is 31.2 Å². The number of hydrogen-bond donors (Lipinski definition) is 0. The molecule has 0 heterocycles. The van der Waals surface area contributed by atoms with E-state index in [2.05, 4.69) is 5.10 Å². The van der Waals surface area contributed by atoms with E-state index in [1.807, 2.05) is 0 Å². The van der Waals surface area contributed by atoms with Crippen LogP contribution in [0.4, 0.5) is 4.39 Å². The van der Waals surface area contributed by atoms with Crippen LogP contribution in [0.1, 0.15) is 5.56 Å². The van der Waals surface area contributed by atoms with Gasteiger partial charge in [0, 0.05) is 25.7 Å². The molecule has 0 aliphatic heterocycles. The van der Waals surface area contributed by atoms with Crippen molar-refractivity contribution < 1.29 is 9.13 Å². The predicted molar refractivity (Wildman–Crippen MR) is 54.2 cm³/mol. The van der Waals surface area contributed by atoms with E-state index in [0.717, 1.165) is 0 Å². The first kappa shape index (κ1) is 10.5. The van der Waals surface area contributed by atoms with E-state index in [1.165, 1.54) is 19.4 Å². The lowest BCUT2D eigenvalue weighted by Gasteiger charge is -2.04. The molecule has 0 aliphatic rings. The number of hydrazone groups is 1. The maximum atomic E-state index is 13.3. The van der Waals surface area contributed by atoms with Gasteiger partial charge in [0.05, 0.1) is 13.3 Å². The minimum Gasteiger partial charge on any atom is -0.497 e. The van der Waals surface area contributed by atoms with E-state index >= 15 is 0 Å². The smallest absolute Gasteiger partial charge is 0.135 e. The molecule has 3 nitrogen and oxygen atoms in total. The molecule has 14 heavy (non-hydrogen) atoms. The highest BCUT2D eigenvalue weighted by Crippen LogP contribution is 2.14. The maximum Gasteiger partial charge on any atom is 0.135 e. The number of nitrogens with zero attached hydrogens (tertiary/aromatic N) is 2. The van der Waals surface area contributed by atoms with E-state index in [-0.39, 0.29) is 5.82 Å². The predicted octanol–water partition coefficient (Wildman–Crippen LogP) is 1.73. The summed E-state index contributed by atoms with van der Waals surface area (Å²) in [7, 11) is 5.05. The van der Waals surface area contributed by atoms with Crippen LogP contribution in [0.5, 0.6) is 5.75 Å². The highest BCUT2D eigenvalue weighted by atomic mass is 19.1. The Morgan fingerprint density at radius 2 is 2.14 bits per heavy atom. The molecule has 0 N–H and O–H groups in total. The number of methoxy groups -OCH3 is 1. The molecule has 0 spiro atoms. The summed E-state index contributed by atoms with van der Waals surface area (Å²) in [6.07, 6.45) is 1.47. The number of rotatable bonds is 3. The van der Waals surface area contributed by atoms with E-state index in [9.17, 15) is 4.39 Å². The lowest BCUT2D eigenvalue weighted by Crippen LogP contribution is -2.02. The van der Waals surface area contributed by atoms with Gasteiger partial charge < -0.3 is 9.75 Å². The fraction of sp³-hybridized carbons (Fsp3) is 0.300. The first-order chi connectivity index (χ1) is 6.63. The number of hydrogen-bond acceptors (Lipinski definition) is 3. The van der Waals surface area contributed by atoms with Gasteiger partial charge in [-0.25, -0.2) is 4.39 Å². The molecule has 0 bridgehead atoms. The van der Waals surface area contributed by atoms with Crippen LogP contribution in [0, 0.1) is 5.82 Å². The Morgan fingerprint density at radius 1 is 1.43 bits per heavy atom. The van der Waals surface area contributed by atoms with Crippen molar-refractivity contribution in [2.45, 2.75) is 0 Å². The van der Waals surface area contributed by atoms with Crippen LogP contribution in [0.3, 0.4) is 0 Å². The monoisotopic (exact) mass is 196 g/mol. The second kappa shape index (κ2) is 4.60. The molecule has 0 saturated carbocycles. The van der Waals surface area contributed by atoms with Crippen LogP contribution in [0.2, 0.25) is 0 Å². The van der Waals surface area contributed by atoms with Crippen LogP contribution >= 0.6 is 0 Å². The van der Waals surface area contributed by atoms with Gasteiger partial charge in [0.25, 0.3) is 0 Å². The lowest BCUT2D eigenvalue weighted by molar-refractivity contribution is 0.411. The normalized spacial score (nSPS) is 10.6. The van der Waals surface area contributed by atoms with Gasteiger partial charge in [-0.15, -0.1) is 0 Å². The third kappa shape index (κ3) is 2.73. The Kier molecular flexibility index (Phi) is 3.45. The first-order valence-electron chi connectivity index (χ1n) is 4.18. The van der Waals surface area contributed by atoms with Crippen LogP contribution in [0.15, 0.2) is 23.3 Å². The van der Waals surface area contributed by atoms with Crippen LogP contribution in [-0.4, -0.2) is 32.4 Å². The maximum absolute atomic E-state index is 13.3. The van der Waals surface area contributed by atoms with Gasteiger partial charge >= 0.3 is 0 Å². The molecule has 0 saturated heterocycles. The molecular formula is C10H13FN2O. The van der Waals surface area contributed by atoms with Crippen molar-refractivity contribution in [3.05, 3.63) is 29.6 Å². The van der Waals surface area contributed by atoms with Crippen LogP contribution < -0.4 is 4.74 Å². The highest BCUT2D eigenvalue weighted by Gasteiger charge is 2.00. The SMILES string of the molecule is COc1ccc(/C=N/N(C)C)c(F)c1. The third-order valence-corrected chi connectivity index (χ3v) is 1.64. The van der Waals surface area contributed by atoms with Crippen molar-refractivity contribution in [2.75, 3.05) is 21.2 Å². The summed E-state index contributed by atoms with van der Waals surface area (Å²) in [6, 6.07) is 4.65. The second-order valence-electron chi connectivity index (χ2n) is 2.98. The molecule has 0 amide bonds. The standard InChI is InChI=1S/C10H13FN2O/c1-13(2)12-7-8-4-5-9(14-3)6-10(8)11/h4-7H,1-3H3/b12-7+. The molecule has 0 atom stereocenters. The van der Waals surface area contributed by atoms with Gasteiger partial charge in [0.2, 0.25) is 0 Å². The van der Waals surface area contributed by atoms with Crippen LogP contribution in [-0.2, 0) is 0 Å². The third-order valence-electron chi connectivity index (χ3n) is 1.64. The molecule has 76 valence electrons. The second-order valence-corrected chi connectivity index (χ2v) is 2.98. The molecule has 0 unspecified atom stereocenters. The molecule has 1 aromatic rings. The fourth-order valence-corrected chi connectivity index (χ4v) is 0.917.